The molecule has 0 aromatic heterocycles. The van der Waals surface area contributed by atoms with Gasteiger partial charge in [-0.1, -0.05) is 29.3 Å². The Bertz CT molecular complexity index is 605. The highest BCUT2D eigenvalue weighted by molar-refractivity contribution is 6.42. The van der Waals surface area contributed by atoms with Crippen molar-refractivity contribution in [2.75, 3.05) is 26.4 Å². The molecule has 1 aliphatic heterocycles. The van der Waals surface area contributed by atoms with Crippen LogP contribution in [0, 0.1) is 0 Å². The summed E-state index contributed by atoms with van der Waals surface area (Å²) in [5, 5.41) is 9.60. The van der Waals surface area contributed by atoms with Gasteiger partial charge < -0.3 is 19.5 Å². The van der Waals surface area contributed by atoms with Gasteiger partial charge in [0.15, 0.2) is 0 Å². The number of hydrogen-bond acceptors (Lipinski definition) is 4. The molecule has 0 bridgehead atoms. The zero-order valence-electron chi connectivity index (χ0n) is 13.7. The fraction of sp³-hybridized carbons (Fsp3) is 0.529. The van der Waals surface area contributed by atoms with Gasteiger partial charge in [0.25, 0.3) is 0 Å². The third-order valence-corrected chi connectivity index (χ3v) is 4.81. The number of amides is 1. The van der Waals surface area contributed by atoms with Gasteiger partial charge in [-0.2, -0.15) is 0 Å². The van der Waals surface area contributed by atoms with E-state index >= 15 is 0 Å². The zero-order valence-corrected chi connectivity index (χ0v) is 15.3. The highest BCUT2D eigenvalue weighted by Gasteiger charge is 2.26. The SMILES string of the molecule is O=C(O)CCN(C(=O)CCOc1cccc(Cl)c1Cl)C1CCOCC1. The smallest absolute Gasteiger partial charge is 0.305 e. The Hall–Kier alpha value is -1.50. The van der Waals surface area contributed by atoms with Crippen molar-refractivity contribution in [1.82, 2.24) is 4.90 Å². The van der Waals surface area contributed by atoms with E-state index in [1.165, 1.54) is 0 Å². The van der Waals surface area contributed by atoms with Crippen molar-refractivity contribution in [3.63, 3.8) is 0 Å². The van der Waals surface area contributed by atoms with Gasteiger partial charge >= 0.3 is 5.97 Å². The summed E-state index contributed by atoms with van der Waals surface area (Å²) in [5.74, 6) is -0.636. The molecule has 0 radical (unpaired) electrons. The molecule has 138 valence electrons. The first kappa shape index (κ1) is 19.8. The Morgan fingerprint density at radius 2 is 1.96 bits per heavy atom. The molecule has 0 atom stereocenters. The molecule has 1 heterocycles. The summed E-state index contributed by atoms with van der Waals surface area (Å²) in [6.07, 6.45) is 1.49. The molecule has 0 unspecified atom stereocenters. The Labute approximate surface area is 156 Å². The summed E-state index contributed by atoms with van der Waals surface area (Å²) in [6.45, 7) is 1.49. The molecule has 1 aliphatic rings. The average molecular weight is 390 g/mol. The molecule has 2 rings (SSSR count). The number of halogens is 2. The molecule has 1 amide bonds. The predicted molar refractivity (Wildman–Crippen MR) is 94.4 cm³/mol. The van der Waals surface area contributed by atoms with Gasteiger partial charge in [0.2, 0.25) is 5.91 Å². The lowest BCUT2D eigenvalue weighted by molar-refractivity contribution is -0.140. The van der Waals surface area contributed by atoms with Gasteiger partial charge in [-0.05, 0) is 25.0 Å². The first-order valence-electron chi connectivity index (χ1n) is 8.15. The first-order chi connectivity index (χ1) is 12.0. The molecule has 1 fully saturated rings. The number of carbonyl (C=O) groups is 2. The van der Waals surface area contributed by atoms with Crippen molar-refractivity contribution in [3.05, 3.63) is 28.2 Å². The van der Waals surface area contributed by atoms with Crippen LogP contribution in [0.25, 0.3) is 0 Å². The number of carboxylic acids is 1. The van der Waals surface area contributed by atoms with E-state index in [2.05, 4.69) is 0 Å². The lowest BCUT2D eigenvalue weighted by Crippen LogP contribution is -2.44. The van der Waals surface area contributed by atoms with Crippen LogP contribution in [0.15, 0.2) is 18.2 Å². The van der Waals surface area contributed by atoms with E-state index in [0.717, 1.165) is 0 Å². The average Bonchev–Trinajstić information content (AvgIpc) is 2.59. The lowest BCUT2D eigenvalue weighted by Gasteiger charge is -2.34. The molecule has 0 aliphatic carbocycles. The van der Waals surface area contributed by atoms with Gasteiger partial charge in [-0.3, -0.25) is 9.59 Å². The number of aliphatic carboxylic acids is 1. The minimum absolute atomic E-state index is 0.00959. The Morgan fingerprint density at radius 3 is 2.64 bits per heavy atom. The highest BCUT2D eigenvalue weighted by atomic mass is 35.5. The number of carbonyl (C=O) groups excluding carboxylic acids is 1. The van der Waals surface area contributed by atoms with Crippen molar-refractivity contribution >= 4 is 35.1 Å². The van der Waals surface area contributed by atoms with Crippen molar-refractivity contribution in [1.29, 1.82) is 0 Å². The topological polar surface area (TPSA) is 76.1 Å². The van der Waals surface area contributed by atoms with E-state index in [9.17, 15) is 9.59 Å². The number of hydrogen-bond donors (Lipinski definition) is 1. The molecule has 1 N–H and O–H groups in total. The van der Waals surface area contributed by atoms with Crippen LogP contribution in [-0.2, 0) is 14.3 Å². The second-order valence-corrected chi connectivity index (χ2v) is 6.51. The minimum atomic E-state index is -0.924. The van der Waals surface area contributed by atoms with Crippen LogP contribution in [0.4, 0.5) is 0 Å². The van der Waals surface area contributed by atoms with Crippen LogP contribution >= 0.6 is 23.2 Å². The second kappa shape index (κ2) is 9.85. The van der Waals surface area contributed by atoms with E-state index in [-0.39, 0.29) is 37.9 Å². The predicted octanol–water partition coefficient (Wildman–Crippen LogP) is 3.24. The standard InChI is InChI=1S/C17H21Cl2NO5/c18-13-2-1-3-14(17(13)19)25-11-7-15(21)20(8-4-16(22)23)12-5-9-24-10-6-12/h1-3,12H,4-11H2,(H,22,23). The number of nitrogens with zero attached hydrogens (tertiary/aromatic N) is 1. The third kappa shape index (κ3) is 6.06. The van der Waals surface area contributed by atoms with Gasteiger partial charge in [0, 0.05) is 25.8 Å². The minimum Gasteiger partial charge on any atom is -0.491 e. The summed E-state index contributed by atoms with van der Waals surface area (Å²) in [4.78, 5) is 25.1. The van der Waals surface area contributed by atoms with E-state index in [1.807, 2.05) is 0 Å². The monoisotopic (exact) mass is 389 g/mol. The second-order valence-electron chi connectivity index (χ2n) is 5.72. The van der Waals surface area contributed by atoms with E-state index in [1.54, 1.807) is 23.1 Å². The molecule has 1 saturated heterocycles. The zero-order chi connectivity index (χ0) is 18.2. The fourth-order valence-electron chi connectivity index (χ4n) is 2.71. The maximum absolute atomic E-state index is 12.6. The Balaban J connectivity index is 1.91. The molecule has 0 spiro atoms. The van der Waals surface area contributed by atoms with Crippen molar-refractivity contribution in [3.8, 4) is 5.75 Å². The van der Waals surface area contributed by atoms with E-state index in [0.29, 0.717) is 41.9 Å². The lowest BCUT2D eigenvalue weighted by atomic mass is 10.1. The van der Waals surface area contributed by atoms with Crippen LogP contribution in [0.2, 0.25) is 10.0 Å². The molecule has 1 aromatic rings. The largest absolute Gasteiger partial charge is 0.491 e. The van der Waals surface area contributed by atoms with Crippen LogP contribution in [0.3, 0.4) is 0 Å². The van der Waals surface area contributed by atoms with Crippen LogP contribution in [0.5, 0.6) is 5.75 Å². The summed E-state index contributed by atoms with van der Waals surface area (Å²) < 4.78 is 10.9. The van der Waals surface area contributed by atoms with Crippen molar-refractivity contribution in [2.24, 2.45) is 0 Å². The number of rotatable bonds is 8. The Kier molecular flexibility index (Phi) is 7.81. The van der Waals surface area contributed by atoms with Crippen molar-refractivity contribution < 1.29 is 24.2 Å². The van der Waals surface area contributed by atoms with Gasteiger partial charge in [-0.15, -0.1) is 0 Å². The maximum Gasteiger partial charge on any atom is 0.305 e. The molecule has 6 nitrogen and oxygen atoms in total. The van der Waals surface area contributed by atoms with Crippen molar-refractivity contribution in [2.45, 2.75) is 31.7 Å². The third-order valence-electron chi connectivity index (χ3n) is 4.01. The Morgan fingerprint density at radius 1 is 1.24 bits per heavy atom. The summed E-state index contributed by atoms with van der Waals surface area (Å²) in [5.41, 5.74) is 0. The van der Waals surface area contributed by atoms with Gasteiger partial charge in [-0.25, -0.2) is 0 Å². The van der Waals surface area contributed by atoms with Crippen LogP contribution in [-0.4, -0.2) is 54.3 Å². The maximum atomic E-state index is 12.6. The number of carboxylic acid groups (broad SMARTS) is 1. The molecular formula is C17H21Cl2NO5. The molecule has 1 aromatic carbocycles. The quantitative estimate of drug-likeness (QED) is 0.738. The fourth-order valence-corrected chi connectivity index (χ4v) is 3.06. The summed E-state index contributed by atoms with van der Waals surface area (Å²) in [6, 6.07) is 5.06. The van der Waals surface area contributed by atoms with E-state index in [4.69, 9.17) is 37.8 Å². The summed E-state index contributed by atoms with van der Waals surface area (Å²) >= 11 is 12.0. The highest BCUT2D eigenvalue weighted by Crippen LogP contribution is 2.31. The molecule has 25 heavy (non-hydrogen) atoms. The number of ether oxygens (including phenoxy) is 2. The van der Waals surface area contributed by atoms with Gasteiger partial charge in [0.05, 0.1) is 24.5 Å². The molecule has 0 saturated carbocycles. The first-order valence-corrected chi connectivity index (χ1v) is 8.90. The van der Waals surface area contributed by atoms with Crippen LogP contribution < -0.4 is 4.74 Å². The normalized spacial score (nSPS) is 15.0. The summed E-state index contributed by atoms with van der Waals surface area (Å²) in [7, 11) is 0. The number of benzene rings is 1. The van der Waals surface area contributed by atoms with Crippen LogP contribution in [0.1, 0.15) is 25.7 Å². The molecular weight excluding hydrogens is 369 g/mol. The van der Waals surface area contributed by atoms with E-state index < -0.39 is 5.97 Å². The van der Waals surface area contributed by atoms with Gasteiger partial charge in [0.1, 0.15) is 10.8 Å². The molecule has 8 heteroatoms.